The van der Waals surface area contributed by atoms with Crippen molar-refractivity contribution in [3.63, 3.8) is 0 Å². The van der Waals surface area contributed by atoms with Crippen LogP contribution in [0.1, 0.15) is 36.9 Å². The second kappa shape index (κ2) is 6.20. The van der Waals surface area contributed by atoms with Crippen molar-refractivity contribution in [3.8, 4) is 5.19 Å². The first-order valence-electron chi connectivity index (χ1n) is 8.04. The number of rotatable bonds is 3. The molecule has 0 bridgehead atoms. The minimum absolute atomic E-state index is 0.278. The van der Waals surface area contributed by atoms with Gasteiger partial charge in [-0.2, -0.15) is 0 Å². The summed E-state index contributed by atoms with van der Waals surface area (Å²) in [4.78, 5) is 15.7. The van der Waals surface area contributed by atoms with E-state index in [9.17, 15) is 0 Å². The Morgan fingerprint density at radius 3 is 2.77 bits per heavy atom. The summed E-state index contributed by atoms with van der Waals surface area (Å²) in [5.41, 5.74) is 2.64. The monoisotopic (exact) mass is 316 g/mol. The fourth-order valence-corrected chi connectivity index (χ4v) is 3.92. The van der Waals surface area contributed by atoms with Gasteiger partial charge in [-0.1, -0.05) is 11.3 Å². The molecule has 3 heterocycles. The minimum Gasteiger partial charge on any atom is -0.467 e. The maximum atomic E-state index is 5.94. The van der Waals surface area contributed by atoms with Gasteiger partial charge >= 0.3 is 0 Å². The zero-order valence-electron chi connectivity index (χ0n) is 12.6. The van der Waals surface area contributed by atoms with Gasteiger partial charge in [0.1, 0.15) is 18.2 Å². The average Bonchev–Trinajstić information content (AvgIpc) is 3.08. The molecule has 1 aliphatic heterocycles. The molecule has 4 rings (SSSR count). The lowest BCUT2D eigenvalue weighted by atomic mass is 9.95. The highest BCUT2D eigenvalue weighted by Gasteiger charge is 2.25. The predicted octanol–water partition coefficient (Wildman–Crippen LogP) is 2.86. The molecule has 22 heavy (non-hydrogen) atoms. The summed E-state index contributed by atoms with van der Waals surface area (Å²) in [6, 6.07) is 0. The molecule has 0 aromatic carbocycles. The van der Waals surface area contributed by atoms with Gasteiger partial charge in [-0.15, -0.1) is 0 Å². The molecule has 0 N–H and O–H groups in total. The number of piperidine rings is 1. The second-order valence-electron chi connectivity index (χ2n) is 5.93. The quantitative estimate of drug-likeness (QED) is 0.871. The number of hydrogen-bond donors (Lipinski definition) is 0. The van der Waals surface area contributed by atoms with Crippen molar-refractivity contribution in [1.82, 2.24) is 15.0 Å². The molecule has 2 aliphatic rings. The van der Waals surface area contributed by atoms with E-state index in [4.69, 9.17) is 4.74 Å². The largest absolute Gasteiger partial charge is 0.467 e. The van der Waals surface area contributed by atoms with Gasteiger partial charge in [0.25, 0.3) is 5.19 Å². The first kappa shape index (κ1) is 13.9. The lowest BCUT2D eigenvalue weighted by Crippen LogP contribution is -2.39. The number of ether oxygens (including phenoxy) is 1. The number of thiazole rings is 1. The van der Waals surface area contributed by atoms with Crippen LogP contribution in [0.4, 0.5) is 5.82 Å². The number of anilines is 1. The zero-order chi connectivity index (χ0) is 14.8. The molecule has 1 fully saturated rings. The summed E-state index contributed by atoms with van der Waals surface area (Å²) in [5.74, 6) is 1.16. The molecule has 5 nitrogen and oxygen atoms in total. The molecule has 116 valence electrons. The summed E-state index contributed by atoms with van der Waals surface area (Å²) >= 11 is 1.56. The molecule has 1 aliphatic carbocycles. The van der Waals surface area contributed by atoms with Crippen molar-refractivity contribution < 1.29 is 4.74 Å². The van der Waals surface area contributed by atoms with Crippen molar-refractivity contribution in [1.29, 1.82) is 0 Å². The maximum Gasteiger partial charge on any atom is 0.273 e. The number of fused-ring (bicyclic) bond motifs is 1. The molecule has 0 amide bonds. The van der Waals surface area contributed by atoms with E-state index in [1.54, 1.807) is 23.9 Å². The number of hydrogen-bond acceptors (Lipinski definition) is 6. The van der Waals surface area contributed by atoms with E-state index in [1.807, 2.05) is 5.38 Å². The molecule has 0 radical (unpaired) electrons. The smallest absolute Gasteiger partial charge is 0.273 e. The van der Waals surface area contributed by atoms with Crippen LogP contribution < -0.4 is 9.64 Å². The van der Waals surface area contributed by atoms with Crippen LogP contribution in [0.5, 0.6) is 5.19 Å². The molecule has 1 saturated heterocycles. The molecule has 0 unspecified atom stereocenters. The van der Waals surface area contributed by atoms with Crippen molar-refractivity contribution in [2.24, 2.45) is 0 Å². The summed E-state index contributed by atoms with van der Waals surface area (Å²) in [6.45, 7) is 2.00. The van der Waals surface area contributed by atoms with Gasteiger partial charge in [0.05, 0.1) is 0 Å². The molecule has 2 aromatic heterocycles. The number of aryl methyl sites for hydroxylation is 1. The first-order chi connectivity index (χ1) is 10.9. The standard InChI is InChI=1S/C16H20N4OS/c1-2-4-14-13(3-1)15(19-11-18-14)20-8-5-12(6-9-20)21-16-17-7-10-22-16/h7,10-12H,1-6,8-9H2. The van der Waals surface area contributed by atoms with Crippen LogP contribution >= 0.6 is 11.3 Å². The Labute approximate surface area is 134 Å². The molecule has 0 saturated carbocycles. The molecule has 0 atom stereocenters. The fourth-order valence-electron chi connectivity index (χ4n) is 3.37. The van der Waals surface area contributed by atoms with E-state index < -0.39 is 0 Å². The van der Waals surface area contributed by atoms with E-state index in [0.29, 0.717) is 0 Å². The van der Waals surface area contributed by atoms with Crippen molar-refractivity contribution in [2.75, 3.05) is 18.0 Å². The molecular formula is C16H20N4OS. The van der Waals surface area contributed by atoms with E-state index in [2.05, 4.69) is 19.9 Å². The van der Waals surface area contributed by atoms with E-state index >= 15 is 0 Å². The van der Waals surface area contributed by atoms with E-state index in [0.717, 1.165) is 49.8 Å². The van der Waals surface area contributed by atoms with Crippen molar-refractivity contribution in [3.05, 3.63) is 29.2 Å². The Morgan fingerprint density at radius 2 is 1.95 bits per heavy atom. The van der Waals surface area contributed by atoms with Gasteiger partial charge in [0.15, 0.2) is 0 Å². The summed E-state index contributed by atoms with van der Waals surface area (Å²) in [5, 5.41) is 2.75. The molecule has 2 aromatic rings. The maximum absolute atomic E-state index is 5.94. The number of nitrogens with zero attached hydrogens (tertiary/aromatic N) is 4. The lowest BCUT2D eigenvalue weighted by molar-refractivity contribution is 0.170. The summed E-state index contributed by atoms with van der Waals surface area (Å²) in [7, 11) is 0. The van der Waals surface area contributed by atoms with Gasteiger partial charge < -0.3 is 9.64 Å². The molecule has 6 heteroatoms. The zero-order valence-corrected chi connectivity index (χ0v) is 13.4. The minimum atomic E-state index is 0.278. The van der Waals surface area contributed by atoms with Crippen LogP contribution in [-0.2, 0) is 12.8 Å². The third-order valence-corrected chi connectivity index (χ3v) is 5.18. The SMILES string of the molecule is c1csc(OC2CCN(c3ncnc4c3CCCC4)CC2)n1. The van der Waals surface area contributed by atoms with Crippen LogP contribution in [0.15, 0.2) is 17.9 Å². The van der Waals surface area contributed by atoms with Crippen molar-refractivity contribution in [2.45, 2.75) is 44.6 Å². The first-order valence-corrected chi connectivity index (χ1v) is 8.92. The van der Waals surface area contributed by atoms with Gasteiger partial charge in [0, 0.05) is 48.8 Å². The molecule has 0 spiro atoms. The van der Waals surface area contributed by atoms with Gasteiger partial charge in [-0.3, -0.25) is 0 Å². The fraction of sp³-hybridized carbons (Fsp3) is 0.562. The average molecular weight is 316 g/mol. The molecular weight excluding hydrogens is 296 g/mol. The van der Waals surface area contributed by atoms with E-state index in [-0.39, 0.29) is 6.10 Å². The Kier molecular flexibility index (Phi) is 3.93. The Balaban J connectivity index is 1.43. The van der Waals surface area contributed by atoms with Crippen LogP contribution in [0.2, 0.25) is 0 Å². The van der Waals surface area contributed by atoms with Gasteiger partial charge in [-0.05, 0) is 25.7 Å². The van der Waals surface area contributed by atoms with Crippen molar-refractivity contribution >= 4 is 17.2 Å². The Hall–Kier alpha value is -1.69. The van der Waals surface area contributed by atoms with Crippen LogP contribution in [0.3, 0.4) is 0 Å². The summed E-state index contributed by atoms with van der Waals surface area (Å²) < 4.78 is 5.94. The second-order valence-corrected chi connectivity index (χ2v) is 6.79. The Bertz CT molecular complexity index is 623. The van der Waals surface area contributed by atoms with Crippen LogP contribution in [-0.4, -0.2) is 34.1 Å². The highest BCUT2D eigenvalue weighted by Crippen LogP contribution is 2.29. The highest BCUT2D eigenvalue weighted by atomic mass is 32.1. The predicted molar refractivity (Wildman–Crippen MR) is 86.7 cm³/mol. The normalized spacial score (nSPS) is 19.0. The van der Waals surface area contributed by atoms with Gasteiger partial charge in [-0.25, -0.2) is 15.0 Å². The Morgan fingerprint density at radius 1 is 1.09 bits per heavy atom. The van der Waals surface area contributed by atoms with Crippen LogP contribution in [0, 0.1) is 0 Å². The van der Waals surface area contributed by atoms with E-state index in [1.165, 1.54) is 24.1 Å². The van der Waals surface area contributed by atoms with Gasteiger partial charge in [0.2, 0.25) is 0 Å². The topological polar surface area (TPSA) is 51.1 Å². The lowest BCUT2D eigenvalue weighted by Gasteiger charge is -2.34. The highest BCUT2D eigenvalue weighted by molar-refractivity contribution is 7.11. The third kappa shape index (κ3) is 2.79. The number of aromatic nitrogens is 3. The van der Waals surface area contributed by atoms with Crippen LogP contribution in [0.25, 0.3) is 0 Å². The third-order valence-electron chi connectivity index (χ3n) is 4.52. The summed E-state index contributed by atoms with van der Waals surface area (Å²) in [6.07, 6.45) is 10.6.